The van der Waals surface area contributed by atoms with Crippen molar-refractivity contribution in [2.45, 2.75) is 13.3 Å². The van der Waals surface area contributed by atoms with Crippen molar-refractivity contribution in [1.82, 2.24) is 14.7 Å². The van der Waals surface area contributed by atoms with E-state index in [2.05, 4.69) is 0 Å². The maximum Gasteiger partial charge on any atom is 0.254 e. The van der Waals surface area contributed by atoms with Crippen LogP contribution < -0.4 is 0 Å². The smallest absolute Gasteiger partial charge is 0.254 e. The van der Waals surface area contributed by atoms with Crippen LogP contribution in [0.3, 0.4) is 0 Å². The van der Waals surface area contributed by atoms with E-state index in [0.29, 0.717) is 37.3 Å². The summed E-state index contributed by atoms with van der Waals surface area (Å²) in [6, 6.07) is 16.5. The number of likely N-dealkylation sites (N-methyl/N-ethyl adjacent to an activating group) is 1. The molecule has 3 amide bonds. The largest absolute Gasteiger partial charge is 0.339 e. The fraction of sp³-hybridized carbons (Fsp3) is 0.348. The Morgan fingerprint density at radius 3 is 2.24 bits per heavy atom. The molecule has 1 aliphatic rings. The monoisotopic (exact) mass is 393 g/mol. The molecule has 0 saturated carbocycles. The molecule has 0 atom stereocenters. The van der Waals surface area contributed by atoms with E-state index >= 15 is 0 Å². The Morgan fingerprint density at radius 1 is 0.862 bits per heavy atom. The third-order valence-corrected chi connectivity index (χ3v) is 5.14. The number of hydrogen-bond acceptors (Lipinski definition) is 3. The summed E-state index contributed by atoms with van der Waals surface area (Å²) in [5.41, 5.74) is 2.29. The molecule has 0 aliphatic carbocycles. The van der Waals surface area contributed by atoms with E-state index < -0.39 is 0 Å². The lowest BCUT2D eigenvalue weighted by molar-refractivity contribution is -0.131. The summed E-state index contributed by atoms with van der Waals surface area (Å²) >= 11 is 0. The predicted octanol–water partition coefficient (Wildman–Crippen LogP) is 2.44. The molecule has 0 aromatic heterocycles. The normalized spacial score (nSPS) is 14.3. The summed E-state index contributed by atoms with van der Waals surface area (Å²) < 4.78 is 0. The fourth-order valence-corrected chi connectivity index (χ4v) is 3.51. The van der Waals surface area contributed by atoms with Crippen molar-refractivity contribution in [3.8, 4) is 0 Å². The van der Waals surface area contributed by atoms with Crippen LogP contribution in [0, 0.1) is 6.92 Å². The molecule has 0 spiro atoms. The van der Waals surface area contributed by atoms with Crippen molar-refractivity contribution in [3.63, 3.8) is 0 Å². The van der Waals surface area contributed by atoms with E-state index in [1.807, 2.05) is 37.3 Å². The second-order valence-electron chi connectivity index (χ2n) is 7.42. The van der Waals surface area contributed by atoms with Crippen LogP contribution in [-0.4, -0.2) is 72.2 Å². The molecule has 6 heteroatoms. The Labute approximate surface area is 171 Å². The first-order chi connectivity index (χ1) is 14.0. The number of rotatable bonds is 4. The SMILES string of the molecule is Cc1cccc(C(=O)N2CCCN(C(=O)CN(C)C(=O)c3ccccc3)CC2)c1. The van der Waals surface area contributed by atoms with Crippen LogP contribution in [0.5, 0.6) is 0 Å². The van der Waals surface area contributed by atoms with Crippen molar-refractivity contribution in [2.75, 3.05) is 39.8 Å². The van der Waals surface area contributed by atoms with E-state index in [4.69, 9.17) is 0 Å². The molecule has 152 valence electrons. The van der Waals surface area contributed by atoms with Gasteiger partial charge >= 0.3 is 0 Å². The number of amides is 3. The summed E-state index contributed by atoms with van der Waals surface area (Å²) in [5.74, 6) is -0.272. The highest BCUT2D eigenvalue weighted by Crippen LogP contribution is 2.12. The third kappa shape index (κ3) is 5.22. The van der Waals surface area contributed by atoms with E-state index in [1.54, 1.807) is 41.1 Å². The Balaban J connectivity index is 1.56. The van der Waals surface area contributed by atoms with Gasteiger partial charge in [-0.25, -0.2) is 0 Å². The zero-order valence-electron chi connectivity index (χ0n) is 17.0. The summed E-state index contributed by atoms with van der Waals surface area (Å²) in [4.78, 5) is 42.9. The van der Waals surface area contributed by atoms with Gasteiger partial charge in [0, 0.05) is 44.4 Å². The van der Waals surface area contributed by atoms with Crippen molar-refractivity contribution in [1.29, 1.82) is 0 Å². The topological polar surface area (TPSA) is 60.9 Å². The first-order valence-electron chi connectivity index (χ1n) is 9.90. The van der Waals surface area contributed by atoms with Gasteiger partial charge in [0.15, 0.2) is 0 Å². The highest BCUT2D eigenvalue weighted by atomic mass is 16.2. The van der Waals surface area contributed by atoms with Gasteiger partial charge in [0.2, 0.25) is 5.91 Å². The van der Waals surface area contributed by atoms with E-state index in [9.17, 15) is 14.4 Å². The van der Waals surface area contributed by atoms with Crippen LogP contribution in [0.1, 0.15) is 32.7 Å². The molecule has 0 unspecified atom stereocenters. The van der Waals surface area contributed by atoms with E-state index in [-0.39, 0.29) is 24.3 Å². The third-order valence-electron chi connectivity index (χ3n) is 5.14. The average Bonchev–Trinajstić information content (AvgIpc) is 2.99. The summed E-state index contributed by atoms with van der Waals surface area (Å²) in [5, 5.41) is 0. The highest BCUT2D eigenvalue weighted by molar-refractivity contribution is 5.96. The second kappa shape index (κ2) is 9.37. The number of benzene rings is 2. The maximum atomic E-state index is 12.8. The van der Waals surface area contributed by atoms with Gasteiger partial charge in [-0.1, -0.05) is 35.9 Å². The van der Waals surface area contributed by atoms with E-state index in [1.165, 1.54) is 4.90 Å². The summed E-state index contributed by atoms with van der Waals surface area (Å²) in [6.07, 6.45) is 0.722. The molecule has 3 rings (SSSR count). The van der Waals surface area contributed by atoms with Gasteiger partial charge in [-0.15, -0.1) is 0 Å². The van der Waals surface area contributed by atoms with Crippen molar-refractivity contribution < 1.29 is 14.4 Å². The van der Waals surface area contributed by atoms with Gasteiger partial charge < -0.3 is 14.7 Å². The molecule has 29 heavy (non-hydrogen) atoms. The van der Waals surface area contributed by atoms with Crippen molar-refractivity contribution >= 4 is 17.7 Å². The minimum absolute atomic E-state index is 0.000581. The maximum absolute atomic E-state index is 12.8. The van der Waals surface area contributed by atoms with Gasteiger partial charge in [0.25, 0.3) is 11.8 Å². The van der Waals surface area contributed by atoms with Crippen LogP contribution in [0.15, 0.2) is 54.6 Å². The predicted molar refractivity (Wildman–Crippen MR) is 112 cm³/mol. The Bertz CT molecular complexity index is 882. The van der Waals surface area contributed by atoms with Crippen LogP contribution >= 0.6 is 0 Å². The van der Waals surface area contributed by atoms with Crippen LogP contribution in [0.4, 0.5) is 0 Å². The first kappa shape index (κ1) is 20.6. The van der Waals surface area contributed by atoms with Gasteiger partial charge in [-0.2, -0.15) is 0 Å². The number of nitrogens with zero attached hydrogens (tertiary/aromatic N) is 3. The quantitative estimate of drug-likeness (QED) is 0.802. The molecule has 1 fully saturated rings. The molecule has 2 aromatic carbocycles. The Hall–Kier alpha value is -3.15. The van der Waals surface area contributed by atoms with Gasteiger partial charge in [-0.05, 0) is 37.6 Å². The number of carbonyl (C=O) groups is 3. The molecular weight excluding hydrogens is 366 g/mol. The van der Waals surface area contributed by atoms with Crippen LogP contribution in [-0.2, 0) is 4.79 Å². The molecule has 2 aromatic rings. The summed E-state index contributed by atoms with van der Waals surface area (Å²) in [6.45, 7) is 4.17. The minimum Gasteiger partial charge on any atom is -0.339 e. The van der Waals surface area contributed by atoms with Crippen molar-refractivity contribution in [3.05, 3.63) is 71.3 Å². The minimum atomic E-state index is -0.176. The van der Waals surface area contributed by atoms with Crippen molar-refractivity contribution in [2.24, 2.45) is 0 Å². The van der Waals surface area contributed by atoms with Crippen LogP contribution in [0.2, 0.25) is 0 Å². The fourth-order valence-electron chi connectivity index (χ4n) is 3.51. The second-order valence-corrected chi connectivity index (χ2v) is 7.42. The average molecular weight is 393 g/mol. The lowest BCUT2D eigenvalue weighted by Gasteiger charge is -2.25. The van der Waals surface area contributed by atoms with E-state index in [0.717, 1.165) is 12.0 Å². The van der Waals surface area contributed by atoms with Gasteiger partial charge in [0.1, 0.15) is 0 Å². The number of carbonyl (C=O) groups excluding carboxylic acids is 3. The lowest BCUT2D eigenvalue weighted by Crippen LogP contribution is -2.43. The van der Waals surface area contributed by atoms with Crippen LogP contribution in [0.25, 0.3) is 0 Å². The molecule has 0 bridgehead atoms. The molecular formula is C23H27N3O3. The Kier molecular flexibility index (Phi) is 6.65. The standard InChI is InChI=1S/C23H27N3O3/c1-18-8-6-11-20(16-18)23(29)26-13-7-12-25(14-15-26)21(27)17-24(2)22(28)19-9-4-3-5-10-19/h3-6,8-11,16H,7,12-15,17H2,1-2H3. The molecule has 1 aliphatic heterocycles. The molecule has 1 saturated heterocycles. The molecule has 0 radical (unpaired) electrons. The zero-order valence-corrected chi connectivity index (χ0v) is 17.0. The highest BCUT2D eigenvalue weighted by Gasteiger charge is 2.24. The lowest BCUT2D eigenvalue weighted by atomic mass is 10.1. The van der Waals surface area contributed by atoms with Gasteiger partial charge in [0.05, 0.1) is 6.54 Å². The zero-order chi connectivity index (χ0) is 20.8. The number of aryl methyl sites for hydroxylation is 1. The molecule has 6 nitrogen and oxygen atoms in total. The van der Waals surface area contributed by atoms with Gasteiger partial charge in [-0.3, -0.25) is 14.4 Å². The first-order valence-corrected chi connectivity index (χ1v) is 9.90. The molecule has 1 heterocycles. The Morgan fingerprint density at radius 2 is 1.52 bits per heavy atom. The number of hydrogen-bond donors (Lipinski definition) is 0. The molecule has 0 N–H and O–H groups in total. The summed E-state index contributed by atoms with van der Waals surface area (Å²) in [7, 11) is 1.64.